The van der Waals surface area contributed by atoms with Crippen molar-refractivity contribution in [3.8, 4) is 5.75 Å². The molecule has 0 radical (unpaired) electrons. The van der Waals surface area contributed by atoms with Gasteiger partial charge < -0.3 is 15.8 Å². The first-order valence-corrected chi connectivity index (χ1v) is 6.85. The highest BCUT2D eigenvalue weighted by Crippen LogP contribution is 2.28. The third-order valence-electron chi connectivity index (χ3n) is 3.70. The lowest BCUT2D eigenvalue weighted by Crippen LogP contribution is -2.45. The molecular formula is C15H22N2O2. The molecule has 4 heteroatoms. The molecule has 0 bridgehead atoms. The maximum absolute atomic E-state index is 11.9. The Morgan fingerprint density at radius 1 is 1.37 bits per heavy atom. The molecule has 1 fully saturated rings. The lowest BCUT2D eigenvalue weighted by atomic mass is 10.0. The number of nitrogens with two attached hydrogens (primary N) is 1. The molecule has 1 saturated carbocycles. The van der Waals surface area contributed by atoms with Crippen molar-refractivity contribution in [1.82, 2.24) is 5.32 Å². The second kappa shape index (κ2) is 6.06. The quantitative estimate of drug-likeness (QED) is 0.852. The minimum Gasteiger partial charge on any atom is -0.483 e. The number of carbonyl (C=O) groups is 1. The summed E-state index contributed by atoms with van der Waals surface area (Å²) in [5.74, 6) is 0.632. The third-order valence-corrected chi connectivity index (χ3v) is 3.70. The summed E-state index contributed by atoms with van der Waals surface area (Å²) in [5, 5.41) is 3.07. The molecule has 2 rings (SSSR count). The fourth-order valence-corrected chi connectivity index (χ4v) is 2.61. The summed E-state index contributed by atoms with van der Waals surface area (Å²) in [5.41, 5.74) is 6.50. The second-order valence-corrected chi connectivity index (χ2v) is 5.42. The highest BCUT2D eigenvalue weighted by Gasteiger charge is 2.30. The number of hydrogen-bond donors (Lipinski definition) is 2. The van der Waals surface area contributed by atoms with Gasteiger partial charge >= 0.3 is 0 Å². The van der Waals surface area contributed by atoms with Crippen LogP contribution in [0, 0.1) is 0 Å². The molecule has 1 aliphatic carbocycles. The fourth-order valence-electron chi connectivity index (χ4n) is 2.61. The lowest BCUT2D eigenvalue weighted by molar-refractivity contribution is -0.124. The van der Waals surface area contributed by atoms with E-state index in [1.807, 2.05) is 24.3 Å². The molecule has 0 unspecified atom stereocenters. The van der Waals surface area contributed by atoms with Gasteiger partial charge in [-0.05, 0) is 25.8 Å². The SMILES string of the molecule is CC1(NC(=O)COc2ccccc2CN)CCCC1. The summed E-state index contributed by atoms with van der Waals surface area (Å²) >= 11 is 0. The number of ether oxygens (including phenoxy) is 1. The van der Waals surface area contributed by atoms with Crippen LogP contribution in [0.3, 0.4) is 0 Å². The van der Waals surface area contributed by atoms with Crippen LogP contribution in [0.25, 0.3) is 0 Å². The number of amides is 1. The predicted octanol–water partition coefficient (Wildman–Crippen LogP) is 1.97. The van der Waals surface area contributed by atoms with E-state index in [9.17, 15) is 4.79 Å². The van der Waals surface area contributed by atoms with Gasteiger partial charge in [-0.3, -0.25) is 4.79 Å². The van der Waals surface area contributed by atoms with E-state index in [0.717, 1.165) is 18.4 Å². The van der Waals surface area contributed by atoms with Crippen molar-refractivity contribution in [3.05, 3.63) is 29.8 Å². The van der Waals surface area contributed by atoms with Gasteiger partial charge in [-0.2, -0.15) is 0 Å². The molecule has 0 spiro atoms. The molecule has 0 aromatic heterocycles. The molecule has 1 amide bonds. The Labute approximate surface area is 114 Å². The van der Waals surface area contributed by atoms with Crippen LogP contribution >= 0.6 is 0 Å². The fraction of sp³-hybridized carbons (Fsp3) is 0.533. The maximum Gasteiger partial charge on any atom is 0.258 e. The van der Waals surface area contributed by atoms with Gasteiger partial charge in [0.2, 0.25) is 0 Å². The zero-order chi connectivity index (χ0) is 13.7. The predicted molar refractivity (Wildman–Crippen MR) is 74.8 cm³/mol. The van der Waals surface area contributed by atoms with Gasteiger partial charge in [0.15, 0.2) is 6.61 Å². The van der Waals surface area contributed by atoms with Gasteiger partial charge in [0.05, 0.1) is 0 Å². The Balaban J connectivity index is 1.86. The van der Waals surface area contributed by atoms with E-state index >= 15 is 0 Å². The number of nitrogens with one attached hydrogen (secondary N) is 1. The number of para-hydroxylation sites is 1. The number of carbonyl (C=O) groups excluding carboxylic acids is 1. The van der Waals surface area contributed by atoms with Gasteiger partial charge in [0.1, 0.15) is 5.75 Å². The monoisotopic (exact) mass is 262 g/mol. The zero-order valence-electron chi connectivity index (χ0n) is 11.4. The zero-order valence-corrected chi connectivity index (χ0v) is 11.4. The van der Waals surface area contributed by atoms with E-state index in [0.29, 0.717) is 12.3 Å². The molecular weight excluding hydrogens is 240 g/mol. The summed E-state index contributed by atoms with van der Waals surface area (Å²) in [4.78, 5) is 11.9. The Kier molecular flexibility index (Phi) is 4.43. The van der Waals surface area contributed by atoms with E-state index in [4.69, 9.17) is 10.5 Å². The second-order valence-electron chi connectivity index (χ2n) is 5.42. The molecule has 0 heterocycles. The molecule has 1 aromatic carbocycles. The average molecular weight is 262 g/mol. The number of benzene rings is 1. The van der Waals surface area contributed by atoms with Crippen molar-refractivity contribution in [3.63, 3.8) is 0 Å². The Morgan fingerprint density at radius 2 is 2.05 bits per heavy atom. The van der Waals surface area contributed by atoms with E-state index in [2.05, 4.69) is 12.2 Å². The molecule has 1 aliphatic rings. The Morgan fingerprint density at radius 3 is 2.74 bits per heavy atom. The van der Waals surface area contributed by atoms with Crippen molar-refractivity contribution in [2.24, 2.45) is 5.73 Å². The molecule has 0 saturated heterocycles. The van der Waals surface area contributed by atoms with Gasteiger partial charge in [0.25, 0.3) is 5.91 Å². The van der Waals surface area contributed by atoms with Gasteiger partial charge in [0, 0.05) is 17.6 Å². The molecule has 104 valence electrons. The van der Waals surface area contributed by atoms with Gasteiger partial charge in [-0.25, -0.2) is 0 Å². The molecule has 19 heavy (non-hydrogen) atoms. The standard InChI is InChI=1S/C15H22N2O2/c1-15(8-4-5-9-15)17-14(18)11-19-13-7-3-2-6-12(13)10-16/h2-3,6-7H,4-5,8-11,16H2,1H3,(H,17,18). The molecule has 3 N–H and O–H groups in total. The largest absolute Gasteiger partial charge is 0.483 e. The van der Waals surface area contributed by atoms with Crippen molar-refractivity contribution in [2.45, 2.75) is 44.7 Å². The lowest BCUT2D eigenvalue weighted by Gasteiger charge is -2.25. The van der Waals surface area contributed by atoms with E-state index in [1.165, 1.54) is 12.8 Å². The average Bonchev–Trinajstić information content (AvgIpc) is 2.83. The van der Waals surface area contributed by atoms with E-state index in [1.54, 1.807) is 0 Å². The number of hydrogen-bond acceptors (Lipinski definition) is 3. The minimum absolute atomic E-state index is 0.0478. The Bertz CT molecular complexity index is 440. The highest BCUT2D eigenvalue weighted by atomic mass is 16.5. The van der Waals surface area contributed by atoms with Crippen LogP contribution < -0.4 is 15.8 Å². The molecule has 0 atom stereocenters. The van der Waals surface area contributed by atoms with E-state index in [-0.39, 0.29) is 18.1 Å². The van der Waals surface area contributed by atoms with Crippen molar-refractivity contribution < 1.29 is 9.53 Å². The Hall–Kier alpha value is -1.55. The minimum atomic E-state index is -0.0591. The number of rotatable bonds is 5. The van der Waals surface area contributed by atoms with Crippen LogP contribution in [0.4, 0.5) is 0 Å². The summed E-state index contributed by atoms with van der Waals surface area (Å²) in [6.45, 7) is 2.56. The van der Waals surface area contributed by atoms with Crippen LogP contribution in [0.1, 0.15) is 38.2 Å². The summed E-state index contributed by atoms with van der Waals surface area (Å²) in [6.07, 6.45) is 4.48. The van der Waals surface area contributed by atoms with Crippen LogP contribution in [0.15, 0.2) is 24.3 Å². The first kappa shape index (κ1) is 13.9. The smallest absolute Gasteiger partial charge is 0.258 e. The highest BCUT2D eigenvalue weighted by molar-refractivity contribution is 5.78. The summed E-state index contributed by atoms with van der Waals surface area (Å²) in [6, 6.07) is 7.54. The molecule has 4 nitrogen and oxygen atoms in total. The molecule has 0 aliphatic heterocycles. The van der Waals surface area contributed by atoms with Crippen LogP contribution in [0.2, 0.25) is 0 Å². The summed E-state index contributed by atoms with van der Waals surface area (Å²) in [7, 11) is 0. The van der Waals surface area contributed by atoms with Gasteiger partial charge in [-0.1, -0.05) is 31.0 Å². The van der Waals surface area contributed by atoms with E-state index < -0.39 is 0 Å². The third kappa shape index (κ3) is 3.70. The van der Waals surface area contributed by atoms with Crippen molar-refractivity contribution in [1.29, 1.82) is 0 Å². The van der Waals surface area contributed by atoms with Crippen molar-refractivity contribution in [2.75, 3.05) is 6.61 Å². The van der Waals surface area contributed by atoms with Gasteiger partial charge in [-0.15, -0.1) is 0 Å². The van der Waals surface area contributed by atoms with Crippen LogP contribution in [-0.4, -0.2) is 18.1 Å². The summed E-state index contributed by atoms with van der Waals surface area (Å²) < 4.78 is 5.55. The first-order valence-electron chi connectivity index (χ1n) is 6.85. The molecule has 1 aromatic rings. The van der Waals surface area contributed by atoms with Crippen molar-refractivity contribution >= 4 is 5.91 Å². The van der Waals surface area contributed by atoms with Crippen LogP contribution in [0.5, 0.6) is 5.75 Å². The topological polar surface area (TPSA) is 64.3 Å². The maximum atomic E-state index is 11.9. The normalized spacial score (nSPS) is 17.2. The van der Waals surface area contributed by atoms with Crippen LogP contribution in [-0.2, 0) is 11.3 Å². The first-order chi connectivity index (χ1) is 9.13.